The molecule has 0 heterocycles. The molecule has 0 saturated heterocycles. The van der Waals surface area contributed by atoms with Crippen LogP contribution in [0.15, 0.2) is 24.3 Å². The Morgan fingerprint density at radius 1 is 0.537 bits per heavy atom. The molecule has 0 amide bonds. The molecule has 0 atom stereocenters. The molecule has 1 aromatic rings. The van der Waals surface area contributed by atoms with Gasteiger partial charge >= 0.3 is 0 Å². The minimum absolute atomic E-state index is 0.227. The third-order valence-corrected chi connectivity index (χ3v) is 12.0. The Bertz CT molecular complexity index is 707. The first-order valence-electron chi connectivity index (χ1n) is 16.0. The summed E-state index contributed by atoms with van der Waals surface area (Å²) in [4.78, 5) is 0. The van der Waals surface area contributed by atoms with Gasteiger partial charge in [0.25, 0.3) is 0 Å². The van der Waals surface area contributed by atoms with Gasteiger partial charge in [-0.1, -0.05) is 78.4 Å². The van der Waals surface area contributed by atoms with Crippen LogP contribution < -0.4 is 4.74 Å². The molecule has 1 aromatic carbocycles. The summed E-state index contributed by atoms with van der Waals surface area (Å²) in [7, 11) is -1.69. The fourth-order valence-electron chi connectivity index (χ4n) is 3.81. The second-order valence-electron chi connectivity index (χ2n) is 12.0. The van der Waals surface area contributed by atoms with Gasteiger partial charge in [0.1, 0.15) is 12.4 Å². The topological polar surface area (TPSA) is 64.6 Å². The lowest BCUT2D eigenvalue weighted by molar-refractivity contribution is -0.0144. The van der Waals surface area contributed by atoms with Crippen molar-refractivity contribution in [1.82, 2.24) is 0 Å². The van der Waals surface area contributed by atoms with Crippen molar-refractivity contribution >= 4 is 8.32 Å². The number of benzene rings is 1. The van der Waals surface area contributed by atoms with Gasteiger partial charge in [0, 0.05) is 0 Å². The van der Waals surface area contributed by atoms with Gasteiger partial charge in [0.2, 0.25) is 0 Å². The number of ether oxygens (including phenoxy) is 6. The Hall–Kier alpha value is -1.00. The van der Waals surface area contributed by atoms with Gasteiger partial charge in [-0.05, 0) is 48.7 Å². The molecule has 7 nitrogen and oxygen atoms in total. The Morgan fingerprint density at radius 2 is 0.951 bits per heavy atom. The van der Waals surface area contributed by atoms with Crippen LogP contribution in [0.2, 0.25) is 18.1 Å². The van der Waals surface area contributed by atoms with E-state index in [1.807, 2.05) is 0 Å². The van der Waals surface area contributed by atoms with Crippen molar-refractivity contribution in [3.63, 3.8) is 0 Å². The van der Waals surface area contributed by atoms with Crippen molar-refractivity contribution < 1.29 is 32.8 Å². The van der Waals surface area contributed by atoms with Crippen LogP contribution in [0.4, 0.5) is 0 Å². The molecule has 41 heavy (non-hydrogen) atoms. The molecular formula is C33H62O7Si. The second-order valence-corrected chi connectivity index (χ2v) is 16.8. The Balaban J connectivity index is 1.81. The highest BCUT2D eigenvalue weighted by atomic mass is 28.4. The van der Waals surface area contributed by atoms with Crippen LogP contribution in [0.25, 0.3) is 0 Å². The van der Waals surface area contributed by atoms with Crippen molar-refractivity contribution in [2.75, 3.05) is 79.3 Å². The van der Waals surface area contributed by atoms with Crippen LogP contribution in [-0.2, 0) is 34.5 Å². The predicted molar refractivity (Wildman–Crippen MR) is 171 cm³/mol. The third-order valence-electron chi connectivity index (χ3n) is 7.47. The molecule has 0 fully saturated rings. The zero-order valence-corrected chi connectivity index (χ0v) is 28.3. The molecule has 240 valence electrons. The molecule has 0 N–H and O–H groups in total. The number of hydrogen-bond donors (Lipinski definition) is 0. The van der Waals surface area contributed by atoms with Gasteiger partial charge in [0.05, 0.1) is 72.7 Å². The summed E-state index contributed by atoms with van der Waals surface area (Å²) in [6, 6.07) is 8.48. The zero-order valence-electron chi connectivity index (χ0n) is 27.3. The first-order chi connectivity index (χ1) is 19.8. The molecule has 0 unspecified atom stereocenters. The lowest BCUT2D eigenvalue weighted by Crippen LogP contribution is -2.41. The van der Waals surface area contributed by atoms with E-state index in [9.17, 15) is 0 Å². The summed E-state index contributed by atoms with van der Waals surface area (Å²) in [6.45, 7) is 20.2. The van der Waals surface area contributed by atoms with Crippen LogP contribution in [0, 0.1) is 0 Å². The highest BCUT2D eigenvalue weighted by Gasteiger charge is 2.36. The van der Waals surface area contributed by atoms with E-state index in [2.05, 4.69) is 65.1 Å². The van der Waals surface area contributed by atoms with Crippen LogP contribution in [-0.4, -0.2) is 87.6 Å². The average molecular weight is 599 g/mol. The van der Waals surface area contributed by atoms with Crippen LogP contribution >= 0.6 is 0 Å². The quantitative estimate of drug-likeness (QED) is 0.0733. The number of aryl methyl sites for hydroxylation is 1. The Morgan fingerprint density at radius 3 is 1.41 bits per heavy atom. The van der Waals surface area contributed by atoms with Crippen molar-refractivity contribution in [3.05, 3.63) is 29.8 Å². The largest absolute Gasteiger partial charge is 0.491 e. The molecule has 0 radical (unpaired) electrons. The summed E-state index contributed by atoms with van der Waals surface area (Å²) >= 11 is 0. The molecule has 0 bridgehead atoms. The lowest BCUT2D eigenvalue weighted by Gasteiger charge is -2.36. The molecule has 0 aliphatic rings. The summed E-state index contributed by atoms with van der Waals surface area (Å²) in [5, 5.41) is 0.227. The van der Waals surface area contributed by atoms with E-state index in [0.29, 0.717) is 79.3 Å². The van der Waals surface area contributed by atoms with Crippen molar-refractivity contribution in [2.45, 2.75) is 97.2 Å². The van der Waals surface area contributed by atoms with E-state index in [-0.39, 0.29) is 5.04 Å². The molecule has 0 spiro atoms. The average Bonchev–Trinajstić information content (AvgIpc) is 2.94. The molecule has 1 rings (SSSR count). The van der Waals surface area contributed by atoms with Gasteiger partial charge < -0.3 is 32.8 Å². The Labute approximate surface area is 253 Å². The summed E-state index contributed by atoms with van der Waals surface area (Å²) in [5.74, 6) is 0.897. The number of hydrogen-bond acceptors (Lipinski definition) is 7. The lowest BCUT2D eigenvalue weighted by atomic mass is 10.0. The third kappa shape index (κ3) is 21.4. The van der Waals surface area contributed by atoms with Crippen LogP contribution in [0.3, 0.4) is 0 Å². The monoisotopic (exact) mass is 598 g/mol. The van der Waals surface area contributed by atoms with E-state index in [0.717, 1.165) is 12.2 Å². The molecule has 0 aliphatic carbocycles. The van der Waals surface area contributed by atoms with E-state index < -0.39 is 8.32 Å². The van der Waals surface area contributed by atoms with Crippen molar-refractivity contribution in [1.29, 1.82) is 0 Å². The van der Waals surface area contributed by atoms with Gasteiger partial charge in [-0.2, -0.15) is 0 Å². The van der Waals surface area contributed by atoms with E-state index in [1.165, 1.54) is 50.5 Å². The molecule has 0 aliphatic heterocycles. The van der Waals surface area contributed by atoms with E-state index in [1.54, 1.807) is 0 Å². The maximum Gasteiger partial charge on any atom is 0.192 e. The molecule has 0 aromatic heterocycles. The summed E-state index contributed by atoms with van der Waals surface area (Å²) in [5.41, 5.74) is 1.39. The molecule has 8 heteroatoms. The van der Waals surface area contributed by atoms with Crippen LogP contribution in [0.5, 0.6) is 5.75 Å². The first-order valence-corrected chi connectivity index (χ1v) is 18.9. The van der Waals surface area contributed by atoms with Crippen LogP contribution in [0.1, 0.15) is 78.2 Å². The highest BCUT2D eigenvalue weighted by Crippen LogP contribution is 2.36. The fourth-order valence-corrected chi connectivity index (χ4v) is 4.84. The van der Waals surface area contributed by atoms with E-state index >= 15 is 0 Å². The van der Waals surface area contributed by atoms with Gasteiger partial charge in [-0.25, -0.2) is 0 Å². The zero-order chi connectivity index (χ0) is 30.1. The molecular weight excluding hydrogens is 536 g/mol. The first kappa shape index (κ1) is 38.0. The van der Waals surface area contributed by atoms with Crippen molar-refractivity contribution in [3.8, 4) is 5.75 Å². The maximum atomic E-state index is 6.09. The second kappa shape index (κ2) is 24.4. The fraction of sp³-hybridized carbons (Fsp3) is 0.818. The smallest absolute Gasteiger partial charge is 0.192 e. The SMILES string of the molecule is CCCCCCCCCc1ccc(OCCOCCOCCOCCOCCOCCO[Si](C)(C)C(C)(C)C)cc1. The molecule has 0 saturated carbocycles. The maximum absolute atomic E-state index is 6.09. The Kier molecular flexibility index (Phi) is 22.7. The van der Waals surface area contributed by atoms with Gasteiger partial charge in [-0.3, -0.25) is 0 Å². The number of rotatable bonds is 28. The standard InChI is InChI=1S/C33H62O7Si/c1-7-8-9-10-11-12-13-14-31-15-17-32(18-16-31)39-29-27-37-25-23-35-21-19-34-20-22-36-24-26-38-28-30-40-41(5,6)33(2,3)4/h15-18H,7-14,19-30H2,1-6H3. The predicted octanol–water partition coefficient (Wildman–Crippen LogP) is 7.46. The highest BCUT2D eigenvalue weighted by molar-refractivity contribution is 6.74. The minimum atomic E-state index is -1.69. The normalized spacial score (nSPS) is 12.2. The van der Waals surface area contributed by atoms with Crippen molar-refractivity contribution in [2.24, 2.45) is 0 Å². The number of unbranched alkanes of at least 4 members (excludes halogenated alkanes) is 6. The van der Waals surface area contributed by atoms with E-state index in [4.69, 9.17) is 32.8 Å². The summed E-state index contributed by atoms with van der Waals surface area (Å²) in [6.07, 6.45) is 10.6. The van der Waals surface area contributed by atoms with Gasteiger partial charge in [-0.15, -0.1) is 0 Å². The van der Waals surface area contributed by atoms with Gasteiger partial charge in [0.15, 0.2) is 8.32 Å². The minimum Gasteiger partial charge on any atom is -0.491 e. The summed E-state index contributed by atoms with van der Waals surface area (Å²) < 4.78 is 39.7.